The molecule has 2 heterocycles. The molecule has 0 spiro atoms. The highest BCUT2D eigenvalue weighted by Gasteiger charge is 2.17. The predicted octanol–water partition coefficient (Wildman–Crippen LogP) is 4.45. The van der Waals surface area contributed by atoms with E-state index in [2.05, 4.69) is 21.6 Å². The predicted molar refractivity (Wildman–Crippen MR) is 119 cm³/mol. The summed E-state index contributed by atoms with van der Waals surface area (Å²) in [5, 5.41) is 14.5. The molecule has 2 aromatic carbocycles. The van der Waals surface area contributed by atoms with Crippen LogP contribution < -0.4 is 5.32 Å². The van der Waals surface area contributed by atoms with Gasteiger partial charge in [0.25, 0.3) is 0 Å². The Labute approximate surface area is 177 Å². The molecule has 4 rings (SSSR count). The van der Waals surface area contributed by atoms with Crippen LogP contribution in [0, 0.1) is 0 Å². The minimum absolute atomic E-state index is 0.00423. The van der Waals surface area contributed by atoms with E-state index in [0.717, 1.165) is 23.5 Å². The molecule has 0 unspecified atom stereocenters. The fourth-order valence-electron chi connectivity index (χ4n) is 2.91. The summed E-state index contributed by atoms with van der Waals surface area (Å²) < 4.78 is 2.00. The van der Waals surface area contributed by atoms with Gasteiger partial charge in [0.1, 0.15) is 0 Å². The normalized spacial score (nSPS) is 10.8. The largest absolute Gasteiger partial charge is 0.355 e. The molecule has 0 aliphatic rings. The van der Waals surface area contributed by atoms with Crippen LogP contribution in [-0.4, -0.2) is 33.0 Å². The SMILES string of the molecule is O=C(CSc1nnc(-c2ccccc2)n1-c1ccccc1)NCCc1cccs1. The van der Waals surface area contributed by atoms with Gasteiger partial charge in [0.15, 0.2) is 11.0 Å². The minimum atomic E-state index is -0.00423. The Kier molecular flexibility index (Phi) is 6.38. The van der Waals surface area contributed by atoms with Crippen molar-refractivity contribution in [2.45, 2.75) is 11.6 Å². The summed E-state index contributed by atoms with van der Waals surface area (Å²) >= 11 is 3.10. The zero-order valence-corrected chi connectivity index (χ0v) is 17.3. The molecule has 29 heavy (non-hydrogen) atoms. The molecule has 0 saturated heterocycles. The van der Waals surface area contributed by atoms with E-state index in [1.165, 1.54) is 16.6 Å². The Morgan fingerprint density at radius 2 is 1.72 bits per heavy atom. The number of benzene rings is 2. The lowest BCUT2D eigenvalue weighted by molar-refractivity contribution is -0.118. The van der Waals surface area contributed by atoms with Crippen LogP contribution in [0.1, 0.15) is 4.88 Å². The highest BCUT2D eigenvalue weighted by atomic mass is 32.2. The summed E-state index contributed by atoms with van der Waals surface area (Å²) in [4.78, 5) is 13.6. The summed E-state index contributed by atoms with van der Waals surface area (Å²) in [7, 11) is 0. The van der Waals surface area contributed by atoms with Gasteiger partial charge >= 0.3 is 0 Å². The average molecular weight is 421 g/mol. The summed E-state index contributed by atoms with van der Waals surface area (Å²) in [6, 6.07) is 24.0. The topological polar surface area (TPSA) is 59.8 Å². The zero-order chi connectivity index (χ0) is 19.9. The number of para-hydroxylation sites is 1. The molecule has 146 valence electrons. The van der Waals surface area contributed by atoms with Crippen molar-refractivity contribution in [2.24, 2.45) is 0 Å². The maximum atomic E-state index is 12.3. The molecule has 4 aromatic rings. The highest BCUT2D eigenvalue weighted by Crippen LogP contribution is 2.27. The fourth-order valence-corrected chi connectivity index (χ4v) is 4.40. The molecule has 0 bridgehead atoms. The Hall–Kier alpha value is -2.90. The van der Waals surface area contributed by atoms with Crippen molar-refractivity contribution >= 4 is 29.0 Å². The third-order valence-corrected chi connectivity index (χ3v) is 6.15. The number of nitrogens with zero attached hydrogens (tertiary/aromatic N) is 3. The highest BCUT2D eigenvalue weighted by molar-refractivity contribution is 7.99. The number of rotatable bonds is 8. The van der Waals surface area contributed by atoms with Crippen molar-refractivity contribution in [1.82, 2.24) is 20.1 Å². The van der Waals surface area contributed by atoms with Crippen molar-refractivity contribution in [3.8, 4) is 17.1 Å². The smallest absolute Gasteiger partial charge is 0.230 e. The van der Waals surface area contributed by atoms with Gasteiger partial charge in [-0.1, -0.05) is 66.4 Å². The lowest BCUT2D eigenvalue weighted by Crippen LogP contribution is -2.27. The molecule has 1 amide bonds. The number of thioether (sulfide) groups is 1. The van der Waals surface area contributed by atoms with E-state index in [4.69, 9.17) is 0 Å². The third-order valence-electron chi connectivity index (χ3n) is 4.29. The minimum Gasteiger partial charge on any atom is -0.355 e. The monoisotopic (exact) mass is 420 g/mol. The van der Waals surface area contributed by atoms with Crippen LogP contribution in [0.4, 0.5) is 0 Å². The van der Waals surface area contributed by atoms with Gasteiger partial charge in [-0.2, -0.15) is 0 Å². The molecule has 0 saturated carbocycles. The number of amides is 1. The molecule has 7 heteroatoms. The van der Waals surface area contributed by atoms with Crippen LogP contribution in [0.3, 0.4) is 0 Å². The van der Waals surface area contributed by atoms with Gasteiger partial charge in [0, 0.05) is 22.7 Å². The fraction of sp³-hybridized carbons (Fsp3) is 0.136. The Morgan fingerprint density at radius 1 is 0.966 bits per heavy atom. The summed E-state index contributed by atoms with van der Waals surface area (Å²) in [5.41, 5.74) is 1.95. The van der Waals surface area contributed by atoms with Gasteiger partial charge in [-0.05, 0) is 30.0 Å². The van der Waals surface area contributed by atoms with Crippen LogP contribution in [-0.2, 0) is 11.2 Å². The van der Waals surface area contributed by atoms with Crippen LogP contribution in [0.25, 0.3) is 17.1 Å². The van der Waals surface area contributed by atoms with Crippen molar-refractivity contribution in [3.05, 3.63) is 83.1 Å². The lowest BCUT2D eigenvalue weighted by Gasteiger charge is -2.10. The first-order chi connectivity index (χ1) is 14.3. The first-order valence-corrected chi connectivity index (χ1v) is 11.2. The second-order valence-corrected chi connectivity index (χ2v) is 8.29. The van der Waals surface area contributed by atoms with Gasteiger partial charge in [-0.15, -0.1) is 21.5 Å². The molecular weight excluding hydrogens is 400 g/mol. The maximum absolute atomic E-state index is 12.3. The van der Waals surface area contributed by atoms with E-state index in [9.17, 15) is 4.79 Å². The van der Waals surface area contributed by atoms with Crippen LogP contribution in [0.5, 0.6) is 0 Å². The van der Waals surface area contributed by atoms with Crippen molar-refractivity contribution in [3.63, 3.8) is 0 Å². The maximum Gasteiger partial charge on any atom is 0.230 e. The van der Waals surface area contributed by atoms with Crippen molar-refractivity contribution in [2.75, 3.05) is 12.3 Å². The van der Waals surface area contributed by atoms with E-state index in [0.29, 0.717) is 17.5 Å². The molecule has 0 fully saturated rings. The Bertz CT molecular complexity index is 1050. The number of aromatic nitrogens is 3. The second-order valence-electron chi connectivity index (χ2n) is 6.31. The lowest BCUT2D eigenvalue weighted by atomic mass is 10.2. The van der Waals surface area contributed by atoms with Gasteiger partial charge in [-0.3, -0.25) is 9.36 Å². The van der Waals surface area contributed by atoms with E-state index < -0.39 is 0 Å². The first kappa shape index (κ1) is 19.4. The zero-order valence-electron chi connectivity index (χ0n) is 15.7. The van der Waals surface area contributed by atoms with E-state index >= 15 is 0 Å². The average Bonchev–Trinajstić information content (AvgIpc) is 3.43. The van der Waals surface area contributed by atoms with Crippen LogP contribution in [0.2, 0.25) is 0 Å². The van der Waals surface area contributed by atoms with Crippen molar-refractivity contribution in [1.29, 1.82) is 0 Å². The van der Waals surface area contributed by atoms with E-state index in [-0.39, 0.29) is 5.91 Å². The quantitative estimate of drug-likeness (QED) is 0.428. The molecule has 0 aliphatic carbocycles. The Balaban J connectivity index is 1.47. The molecular formula is C22H20N4OS2. The molecule has 0 aliphatic heterocycles. The number of nitrogens with one attached hydrogen (secondary N) is 1. The first-order valence-electron chi connectivity index (χ1n) is 9.29. The summed E-state index contributed by atoms with van der Waals surface area (Å²) in [6.45, 7) is 0.639. The van der Waals surface area contributed by atoms with Gasteiger partial charge in [0.2, 0.25) is 5.91 Å². The summed E-state index contributed by atoms with van der Waals surface area (Å²) in [6.07, 6.45) is 0.854. The van der Waals surface area contributed by atoms with E-state index in [1.54, 1.807) is 11.3 Å². The standard InChI is InChI=1S/C22H20N4OS2/c27-20(23-14-13-19-12-7-15-28-19)16-29-22-25-24-21(17-8-3-1-4-9-17)26(22)18-10-5-2-6-11-18/h1-12,15H,13-14,16H2,(H,23,27). The molecule has 1 N–H and O–H groups in total. The number of hydrogen-bond donors (Lipinski definition) is 1. The molecule has 2 aromatic heterocycles. The molecule has 0 atom stereocenters. The van der Waals surface area contributed by atoms with Crippen molar-refractivity contribution < 1.29 is 4.79 Å². The Morgan fingerprint density at radius 3 is 2.45 bits per heavy atom. The van der Waals surface area contributed by atoms with Gasteiger partial charge < -0.3 is 5.32 Å². The number of thiophene rings is 1. The number of carbonyl (C=O) groups excluding carboxylic acids is 1. The van der Waals surface area contributed by atoms with Crippen LogP contribution >= 0.6 is 23.1 Å². The molecule has 0 radical (unpaired) electrons. The van der Waals surface area contributed by atoms with Crippen LogP contribution in [0.15, 0.2) is 83.3 Å². The van der Waals surface area contributed by atoms with E-state index in [1.807, 2.05) is 76.7 Å². The second kappa shape index (κ2) is 9.54. The third kappa shape index (κ3) is 4.93. The summed E-state index contributed by atoms with van der Waals surface area (Å²) in [5.74, 6) is 1.05. The number of carbonyl (C=O) groups is 1. The molecule has 5 nitrogen and oxygen atoms in total. The van der Waals surface area contributed by atoms with Gasteiger partial charge in [0.05, 0.1) is 5.75 Å². The number of hydrogen-bond acceptors (Lipinski definition) is 5. The van der Waals surface area contributed by atoms with Gasteiger partial charge in [-0.25, -0.2) is 0 Å².